The third kappa shape index (κ3) is 5.86. The normalized spacial score (nSPS) is 11.8. The van der Waals surface area contributed by atoms with Crippen molar-refractivity contribution in [3.05, 3.63) is 12.2 Å². The maximum Gasteiger partial charge on any atom is 0.318 e. The number of hydrogen-bond donors (Lipinski definition) is 3. The highest BCUT2D eigenvalue weighted by atomic mass is 16.2. The van der Waals surface area contributed by atoms with Crippen LogP contribution in [0.5, 0.6) is 0 Å². The Balaban J connectivity index is 3.82. The number of imide groups is 1. The molecule has 74 valence electrons. The van der Waals surface area contributed by atoms with E-state index in [9.17, 15) is 9.59 Å². The van der Waals surface area contributed by atoms with Crippen LogP contribution in [0, 0.1) is 0 Å². The van der Waals surface area contributed by atoms with Gasteiger partial charge in [0, 0.05) is 6.54 Å². The summed E-state index contributed by atoms with van der Waals surface area (Å²) in [5, 5.41) is 4.84. The fourth-order valence-corrected chi connectivity index (χ4v) is 0.650. The van der Waals surface area contributed by atoms with Gasteiger partial charge in [0.15, 0.2) is 0 Å². The number of carbonyl (C=O) groups is 2. The van der Waals surface area contributed by atoms with Gasteiger partial charge in [-0.1, -0.05) is 12.2 Å². The van der Waals surface area contributed by atoms with Gasteiger partial charge in [-0.2, -0.15) is 0 Å². The van der Waals surface area contributed by atoms with E-state index in [4.69, 9.17) is 5.73 Å². The molecule has 0 bridgehead atoms. The van der Waals surface area contributed by atoms with E-state index < -0.39 is 18.0 Å². The minimum Gasteiger partial charge on any atom is -0.351 e. The van der Waals surface area contributed by atoms with Crippen molar-refractivity contribution in [3.8, 4) is 0 Å². The van der Waals surface area contributed by atoms with E-state index in [-0.39, 0.29) is 0 Å². The molecule has 0 aliphatic heterocycles. The molecule has 0 aromatic rings. The van der Waals surface area contributed by atoms with E-state index in [1.165, 1.54) is 0 Å². The van der Waals surface area contributed by atoms with Gasteiger partial charge in [0.25, 0.3) is 0 Å². The van der Waals surface area contributed by atoms with Crippen LogP contribution in [0.2, 0.25) is 0 Å². The molecule has 1 unspecified atom stereocenters. The van der Waals surface area contributed by atoms with Crippen molar-refractivity contribution in [1.82, 2.24) is 10.6 Å². The lowest BCUT2D eigenvalue weighted by molar-refractivity contribution is -0.121. The number of hydrogen-bond acceptors (Lipinski definition) is 3. The maximum atomic E-state index is 11.1. The van der Waals surface area contributed by atoms with Crippen molar-refractivity contribution >= 4 is 11.9 Å². The van der Waals surface area contributed by atoms with Gasteiger partial charge in [-0.05, 0) is 13.8 Å². The van der Waals surface area contributed by atoms with Crippen molar-refractivity contribution in [2.45, 2.75) is 19.9 Å². The number of amides is 3. The first-order valence-electron chi connectivity index (χ1n) is 3.91. The van der Waals surface area contributed by atoms with Crippen LogP contribution in [0.3, 0.4) is 0 Å². The van der Waals surface area contributed by atoms with Gasteiger partial charge < -0.3 is 11.1 Å². The minimum atomic E-state index is -0.839. The van der Waals surface area contributed by atoms with Crippen LogP contribution in [0.4, 0.5) is 4.79 Å². The highest BCUT2D eigenvalue weighted by molar-refractivity contribution is 5.96. The fraction of sp³-hybridized carbons (Fsp3) is 0.500. The zero-order chi connectivity index (χ0) is 10.4. The molecule has 0 saturated heterocycles. The molecule has 0 rings (SSSR count). The number of rotatable bonds is 4. The van der Waals surface area contributed by atoms with Crippen LogP contribution in [-0.2, 0) is 4.79 Å². The smallest absolute Gasteiger partial charge is 0.318 e. The van der Waals surface area contributed by atoms with Crippen LogP contribution in [0.25, 0.3) is 0 Å². The maximum absolute atomic E-state index is 11.1. The van der Waals surface area contributed by atoms with Gasteiger partial charge in [-0.3, -0.25) is 10.1 Å². The summed E-state index contributed by atoms with van der Waals surface area (Å²) >= 11 is 0. The number of primary amides is 1. The summed E-state index contributed by atoms with van der Waals surface area (Å²) in [6.07, 6.45) is 0. The van der Waals surface area contributed by atoms with E-state index >= 15 is 0 Å². The third-order valence-corrected chi connectivity index (χ3v) is 1.35. The average Bonchev–Trinajstić information content (AvgIpc) is 1.98. The summed E-state index contributed by atoms with van der Waals surface area (Å²) in [4.78, 5) is 21.4. The first kappa shape index (κ1) is 11.6. The highest BCUT2D eigenvalue weighted by Crippen LogP contribution is 1.86. The van der Waals surface area contributed by atoms with Gasteiger partial charge in [-0.15, -0.1) is 0 Å². The molecule has 0 fully saturated rings. The van der Waals surface area contributed by atoms with Gasteiger partial charge >= 0.3 is 6.03 Å². The Bertz CT molecular complexity index is 225. The molecule has 0 aromatic heterocycles. The Labute approximate surface area is 77.4 Å². The Morgan fingerprint density at radius 1 is 1.54 bits per heavy atom. The van der Waals surface area contributed by atoms with E-state index in [2.05, 4.69) is 11.9 Å². The van der Waals surface area contributed by atoms with Crippen molar-refractivity contribution in [3.63, 3.8) is 0 Å². The number of carbonyl (C=O) groups excluding carboxylic acids is 2. The third-order valence-electron chi connectivity index (χ3n) is 1.35. The molecule has 0 radical (unpaired) electrons. The van der Waals surface area contributed by atoms with Crippen LogP contribution < -0.4 is 16.4 Å². The summed E-state index contributed by atoms with van der Waals surface area (Å²) in [5.41, 5.74) is 5.69. The summed E-state index contributed by atoms with van der Waals surface area (Å²) < 4.78 is 0. The topological polar surface area (TPSA) is 84.2 Å². The Kier molecular flexibility index (Phi) is 4.76. The highest BCUT2D eigenvalue weighted by Gasteiger charge is 2.12. The molecule has 4 N–H and O–H groups in total. The predicted octanol–water partition coefficient (Wildman–Crippen LogP) is -0.264. The minimum absolute atomic E-state index is 0.436. The quantitative estimate of drug-likeness (QED) is 0.527. The van der Waals surface area contributed by atoms with Crippen LogP contribution in [-0.4, -0.2) is 24.5 Å². The number of urea groups is 1. The lowest BCUT2D eigenvalue weighted by atomic mass is 10.3. The molecule has 1 atom stereocenters. The molecule has 0 aliphatic carbocycles. The van der Waals surface area contributed by atoms with Crippen molar-refractivity contribution < 1.29 is 9.59 Å². The van der Waals surface area contributed by atoms with Crippen LogP contribution in [0.1, 0.15) is 13.8 Å². The van der Waals surface area contributed by atoms with E-state index in [0.717, 1.165) is 5.57 Å². The molecule has 0 spiro atoms. The van der Waals surface area contributed by atoms with Crippen LogP contribution in [0.15, 0.2) is 12.2 Å². The van der Waals surface area contributed by atoms with Crippen molar-refractivity contribution in [2.24, 2.45) is 5.73 Å². The second-order valence-electron chi connectivity index (χ2n) is 2.91. The molecule has 5 heteroatoms. The summed E-state index contributed by atoms with van der Waals surface area (Å²) in [5.74, 6) is -0.436. The fourth-order valence-electron chi connectivity index (χ4n) is 0.650. The second kappa shape index (κ2) is 5.31. The van der Waals surface area contributed by atoms with Gasteiger partial charge in [0.1, 0.15) is 0 Å². The first-order valence-corrected chi connectivity index (χ1v) is 3.91. The number of nitrogens with two attached hydrogens (primary N) is 1. The van der Waals surface area contributed by atoms with Crippen molar-refractivity contribution in [1.29, 1.82) is 0 Å². The molecule has 0 saturated carbocycles. The van der Waals surface area contributed by atoms with Crippen molar-refractivity contribution in [2.75, 3.05) is 6.54 Å². The molecular formula is C8H15N3O2. The summed E-state index contributed by atoms with van der Waals surface area (Å²) in [7, 11) is 0. The van der Waals surface area contributed by atoms with Crippen LogP contribution >= 0.6 is 0 Å². The average molecular weight is 185 g/mol. The summed E-state index contributed by atoms with van der Waals surface area (Å²) in [6, 6.07) is -1.29. The zero-order valence-electron chi connectivity index (χ0n) is 7.89. The molecule has 13 heavy (non-hydrogen) atoms. The molecule has 0 aromatic carbocycles. The van der Waals surface area contributed by atoms with Gasteiger partial charge in [-0.25, -0.2) is 4.79 Å². The number of nitrogens with one attached hydrogen (secondary N) is 2. The standard InChI is InChI=1S/C8H15N3O2/c1-5(2)4-10-6(3)7(12)11-8(9)13/h6,10H,1,4H2,2-3H3,(H3,9,11,12,13). The molecule has 5 nitrogen and oxygen atoms in total. The Morgan fingerprint density at radius 2 is 2.08 bits per heavy atom. The molecule has 0 aliphatic rings. The lowest BCUT2D eigenvalue weighted by Gasteiger charge is -2.11. The SMILES string of the molecule is C=C(C)CNC(C)C(=O)NC(N)=O. The van der Waals surface area contributed by atoms with Gasteiger partial charge in [0.2, 0.25) is 5.91 Å². The van der Waals surface area contributed by atoms with E-state index in [1.807, 2.05) is 12.2 Å². The van der Waals surface area contributed by atoms with Gasteiger partial charge in [0.05, 0.1) is 6.04 Å². The van der Waals surface area contributed by atoms with E-state index in [1.54, 1.807) is 6.92 Å². The summed E-state index contributed by atoms with van der Waals surface area (Å²) in [6.45, 7) is 7.68. The largest absolute Gasteiger partial charge is 0.351 e. The van der Waals surface area contributed by atoms with E-state index in [0.29, 0.717) is 6.54 Å². The molecule has 3 amide bonds. The predicted molar refractivity (Wildman–Crippen MR) is 50.0 cm³/mol. The zero-order valence-corrected chi connectivity index (χ0v) is 7.89. The first-order chi connectivity index (χ1) is 5.93. The monoisotopic (exact) mass is 185 g/mol. The second-order valence-corrected chi connectivity index (χ2v) is 2.91. The Morgan fingerprint density at radius 3 is 2.46 bits per heavy atom. The lowest BCUT2D eigenvalue weighted by Crippen LogP contribution is -2.46. The molecular weight excluding hydrogens is 170 g/mol. The Hall–Kier alpha value is -1.36. The molecule has 0 heterocycles.